The lowest BCUT2D eigenvalue weighted by Crippen LogP contribution is -2.14. The minimum atomic E-state index is -3.69. The summed E-state index contributed by atoms with van der Waals surface area (Å²) in [6.45, 7) is 2.90. The first-order chi connectivity index (χ1) is 13.6. The van der Waals surface area contributed by atoms with Crippen LogP contribution in [0.2, 0.25) is 0 Å². The van der Waals surface area contributed by atoms with Crippen molar-refractivity contribution in [2.24, 2.45) is 0 Å². The molecule has 2 aromatic carbocycles. The molecule has 146 valence electrons. The Kier molecular flexibility index (Phi) is 5.17. The molecule has 0 unspecified atom stereocenters. The Morgan fingerprint density at radius 2 is 1.79 bits per heavy atom. The molecule has 1 aliphatic heterocycles. The largest absolute Gasteiger partial charge is 0.311 e. The SMILES string of the molecule is CCc1ccc(S(=O)(=O)Nc2ccccc2-c2nnc3n2CCCCC3)cc1. The standard InChI is InChI=1S/C21H24N4O2S/c1-2-16-11-13-17(14-12-16)28(26,27)24-19-9-6-5-8-18(19)21-23-22-20-10-4-3-7-15-25(20)21/h5-6,8-9,11-14,24H,2-4,7,10,15H2,1H3. The van der Waals surface area contributed by atoms with Gasteiger partial charge in [-0.15, -0.1) is 10.2 Å². The number of para-hydroxylation sites is 1. The fourth-order valence-corrected chi connectivity index (χ4v) is 4.64. The lowest BCUT2D eigenvalue weighted by atomic mass is 10.1. The highest BCUT2D eigenvalue weighted by molar-refractivity contribution is 7.92. The van der Waals surface area contributed by atoms with E-state index in [1.54, 1.807) is 18.2 Å². The van der Waals surface area contributed by atoms with Crippen LogP contribution in [0.25, 0.3) is 11.4 Å². The van der Waals surface area contributed by atoms with Gasteiger partial charge in [0.25, 0.3) is 10.0 Å². The first-order valence-corrected chi connectivity index (χ1v) is 11.2. The zero-order valence-electron chi connectivity index (χ0n) is 15.9. The van der Waals surface area contributed by atoms with Crippen molar-refractivity contribution in [2.75, 3.05) is 4.72 Å². The number of aromatic nitrogens is 3. The Hall–Kier alpha value is -2.67. The van der Waals surface area contributed by atoms with E-state index in [9.17, 15) is 8.42 Å². The minimum Gasteiger partial charge on any atom is -0.311 e. The van der Waals surface area contributed by atoms with E-state index in [-0.39, 0.29) is 4.90 Å². The van der Waals surface area contributed by atoms with E-state index in [0.717, 1.165) is 55.0 Å². The minimum absolute atomic E-state index is 0.250. The lowest BCUT2D eigenvalue weighted by Gasteiger charge is -2.14. The molecular formula is C21H24N4O2S. The van der Waals surface area contributed by atoms with E-state index in [4.69, 9.17) is 0 Å². The van der Waals surface area contributed by atoms with E-state index in [1.807, 2.05) is 37.3 Å². The summed E-state index contributed by atoms with van der Waals surface area (Å²) in [6.07, 6.45) is 5.14. The molecule has 3 aromatic rings. The molecule has 0 amide bonds. The summed E-state index contributed by atoms with van der Waals surface area (Å²) in [7, 11) is -3.69. The number of nitrogens with zero attached hydrogens (tertiary/aromatic N) is 3. The second-order valence-corrected chi connectivity index (χ2v) is 8.73. The van der Waals surface area contributed by atoms with Gasteiger partial charge in [-0.2, -0.15) is 0 Å². The van der Waals surface area contributed by atoms with Crippen LogP contribution in [0.15, 0.2) is 53.4 Å². The van der Waals surface area contributed by atoms with Crippen molar-refractivity contribution in [1.29, 1.82) is 0 Å². The van der Waals surface area contributed by atoms with Crippen molar-refractivity contribution >= 4 is 15.7 Å². The van der Waals surface area contributed by atoms with E-state index >= 15 is 0 Å². The van der Waals surface area contributed by atoms with E-state index < -0.39 is 10.0 Å². The maximum Gasteiger partial charge on any atom is 0.261 e. The van der Waals surface area contributed by atoms with Gasteiger partial charge in [-0.3, -0.25) is 4.72 Å². The van der Waals surface area contributed by atoms with Gasteiger partial charge in [0, 0.05) is 18.5 Å². The Balaban J connectivity index is 1.70. The Labute approximate surface area is 165 Å². The van der Waals surface area contributed by atoms with Crippen LogP contribution in [0, 0.1) is 0 Å². The molecule has 0 spiro atoms. The zero-order chi connectivity index (χ0) is 19.6. The number of aryl methyl sites for hydroxylation is 2. The van der Waals surface area contributed by atoms with Gasteiger partial charge in [0.05, 0.1) is 10.6 Å². The molecule has 0 aliphatic carbocycles. The number of benzene rings is 2. The summed E-state index contributed by atoms with van der Waals surface area (Å²) in [5.74, 6) is 1.69. The topological polar surface area (TPSA) is 76.9 Å². The van der Waals surface area contributed by atoms with Crippen LogP contribution in [-0.4, -0.2) is 23.2 Å². The second kappa shape index (κ2) is 7.75. The van der Waals surface area contributed by atoms with Gasteiger partial charge in [-0.1, -0.05) is 37.6 Å². The van der Waals surface area contributed by atoms with Crippen molar-refractivity contribution in [3.8, 4) is 11.4 Å². The molecule has 6 nitrogen and oxygen atoms in total. The highest BCUT2D eigenvalue weighted by atomic mass is 32.2. The van der Waals surface area contributed by atoms with E-state index in [1.165, 1.54) is 6.42 Å². The quantitative estimate of drug-likeness (QED) is 0.706. The monoisotopic (exact) mass is 396 g/mol. The second-order valence-electron chi connectivity index (χ2n) is 7.05. The summed E-state index contributed by atoms with van der Waals surface area (Å²) >= 11 is 0. The molecule has 7 heteroatoms. The van der Waals surface area contributed by atoms with Gasteiger partial charge < -0.3 is 4.57 Å². The van der Waals surface area contributed by atoms with Gasteiger partial charge in [-0.05, 0) is 49.1 Å². The lowest BCUT2D eigenvalue weighted by molar-refractivity contribution is 0.601. The van der Waals surface area contributed by atoms with E-state index in [2.05, 4.69) is 19.5 Å². The number of anilines is 1. The van der Waals surface area contributed by atoms with Crippen LogP contribution in [0.1, 0.15) is 37.6 Å². The Morgan fingerprint density at radius 1 is 1.00 bits per heavy atom. The van der Waals surface area contributed by atoms with Gasteiger partial charge in [0.15, 0.2) is 5.82 Å². The number of hydrogen-bond donors (Lipinski definition) is 1. The number of sulfonamides is 1. The fourth-order valence-electron chi connectivity index (χ4n) is 3.56. The highest BCUT2D eigenvalue weighted by Crippen LogP contribution is 2.30. The third kappa shape index (κ3) is 3.67. The van der Waals surface area contributed by atoms with Crippen LogP contribution in [-0.2, 0) is 29.4 Å². The van der Waals surface area contributed by atoms with Crippen molar-refractivity contribution < 1.29 is 8.42 Å². The summed E-state index contributed by atoms with van der Waals surface area (Å²) < 4.78 is 30.7. The molecule has 28 heavy (non-hydrogen) atoms. The first kappa shape index (κ1) is 18.7. The van der Waals surface area contributed by atoms with Crippen molar-refractivity contribution in [2.45, 2.75) is 50.5 Å². The third-order valence-electron chi connectivity index (χ3n) is 5.16. The molecule has 0 radical (unpaired) electrons. The average molecular weight is 397 g/mol. The van der Waals surface area contributed by atoms with E-state index in [0.29, 0.717) is 5.69 Å². The molecule has 1 aliphatic rings. The maximum absolute atomic E-state index is 12.9. The summed E-state index contributed by atoms with van der Waals surface area (Å²) in [6, 6.07) is 14.4. The van der Waals surface area contributed by atoms with Gasteiger partial charge in [0.1, 0.15) is 5.82 Å². The van der Waals surface area contributed by atoms with Crippen molar-refractivity contribution in [1.82, 2.24) is 14.8 Å². The Bertz CT molecular complexity index is 1070. The maximum atomic E-state index is 12.9. The molecule has 4 rings (SSSR count). The molecule has 1 N–H and O–H groups in total. The highest BCUT2D eigenvalue weighted by Gasteiger charge is 2.21. The summed E-state index contributed by atoms with van der Waals surface area (Å²) in [5.41, 5.74) is 2.36. The number of fused-ring (bicyclic) bond motifs is 1. The molecular weight excluding hydrogens is 372 g/mol. The normalized spacial score (nSPS) is 14.3. The predicted molar refractivity (Wildman–Crippen MR) is 110 cm³/mol. The van der Waals surface area contributed by atoms with Crippen LogP contribution in [0.4, 0.5) is 5.69 Å². The number of nitrogens with one attached hydrogen (secondary N) is 1. The molecule has 0 atom stereocenters. The molecule has 0 saturated heterocycles. The van der Waals surface area contributed by atoms with Crippen LogP contribution in [0.3, 0.4) is 0 Å². The smallest absolute Gasteiger partial charge is 0.261 e. The average Bonchev–Trinajstić information content (AvgIpc) is 2.96. The van der Waals surface area contributed by atoms with Gasteiger partial charge >= 0.3 is 0 Å². The number of rotatable bonds is 5. The third-order valence-corrected chi connectivity index (χ3v) is 6.55. The van der Waals surface area contributed by atoms with Crippen LogP contribution >= 0.6 is 0 Å². The van der Waals surface area contributed by atoms with Crippen LogP contribution < -0.4 is 4.72 Å². The van der Waals surface area contributed by atoms with Crippen molar-refractivity contribution in [3.05, 3.63) is 59.9 Å². The molecule has 0 bridgehead atoms. The fraction of sp³-hybridized carbons (Fsp3) is 0.333. The van der Waals surface area contributed by atoms with Gasteiger partial charge in [0.2, 0.25) is 0 Å². The zero-order valence-corrected chi connectivity index (χ0v) is 16.7. The Morgan fingerprint density at radius 3 is 2.57 bits per heavy atom. The van der Waals surface area contributed by atoms with Crippen LogP contribution in [0.5, 0.6) is 0 Å². The summed E-state index contributed by atoms with van der Waals surface area (Å²) in [5, 5.41) is 8.72. The van der Waals surface area contributed by atoms with Gasteiger partial charge in [-0.25, -0.2) is 8.42 Å². The number of hydrogen-bond acceptors (Lipinski definition) is 4. The molecule has 0 saturated carbocycles. The predicted octanol–water partition coefficient (Wildman–Crippen LogP) is 4.03. The molecule has 0 fully saturated rings. The summed E-state index contributed by atoms with van der Waals surface area (Å²) in [4.78, 5) is 0.250. The first-order valence-electron chi connectivity index (χ1n) is 9.72. The molecule has 1 aromatic heterocycles. The molecule has 2 heterocycles. The van der Waals surface area contributed by atoms with Crippen molar-refractivity contribution in [3.63, 3.8) is 0 Å².